The summed E-state index contributed by atoms with van der Waals surface area (Å²) < 4.78 is 34.1. The van der Waals surface area contributed by atoms with Crippen molar-refractivity contribution in [1.29, 1.82) is 0 Å². The normalized spacial score (nSPS) is 36.9. The molecule has 0 aromatic carbocycles. The van der Waals surface area contributed by atoms with E-state index in [4.69, 9.17) is 19.3 Å². The van der Waals surface area contributed by atoms with Gasteiger partial charge in [0.15, 0.2) is 6.23 Å². The minimum absolute atomic E-state index is 0.275. The van der Waals surface area contributed by atoms with Crippen molar-refractivity contribution in [1.82, 2.24) is 9.99 Å². The van der Waals surface area contributed by atoms with E-state index in [0.29, 0.717) is 0 Å². The highest BCUT2D eigenvalue weighted by Crippen LogP contribution is 2.59. The maximum absolute atomic E-state index is 13.0. The Morgan fingerprint density at radius 1 is 0.909 bits per heavy atom. The van der Waals surface area contributed by atoms with Gasteiger partial charge in [0.2, 0.25) is 6.41 Å². The number of carbonyl (C=O) groups excluding carboxylic acids is 2. The van der Waals surface area contributed by atoms with Crippen LogP contribution in [0.15, 0.2) is 0 Å². The van der Waals surface area contributed by atoms with Crippen LogP contribution in [0.1, 0.15) is 0 Å². The predicted molar refractivity (Wildman–Crippen MR) is 98.4 cm³/mol. The third-order valence-electron chi connectivity index (χ3n) is 5.26. The van der Waals surface area contributed by atoms with Crippen LogP contribution in [0.25, 0.3) is 0 Å². The molecule has 0 aromatic heterocycles. The number of hydrogen-bond donors (Lipinski definition) is 11. The first kappa shape index (κ1) is 28.2. The Balaban J connectivity index is 2.79. The summed E-state index contributed by atoms with van der Waals surface area (Å²) in [6, 6.07) is 0. The minimum Gasteiger partial charge on any atom is -0.394 e. The maximum atomic E-state index is 13.0. The molecule has 2 fully saturated rings. The van der Waals surface area contributed by atoms with Crippen molar-refractivity contribution in [2.45, 2.75) is 54.2 Å². The van der Waals surface area contributed by atoms with E-state index in [1.165, 1.54) is 0 Å². The van der Waals surface area contributed by atoms with Crippen molar-refractivity contribution in [2.75, 3.05) is 13.2 Å². The van der Waals surface area contributed by atoms with Crippen LogP contribution in [-0.4, -0.2) is 135 Å². The zero-order valence-electron chi connectivity index (χ0n) is 16.4. The first-order chi connectivity index (χ1) is 15.1. The second-order valence-electron chi connectivity index (χ2n) is 7.26. The van der Waals surface area contributed by atoms with Gasteiger partial charge in [0.1, 0.15) is 42.7 Å². The van der Waals surface area contributed by atoms with E-state index in [0.717, 1.165) is 5.09 Å². The molecule has 0 spiro atoms. The highest BCUT2D eigenvalue weighted by Gasteiger charge is 2.72. The Labute approximate surface area is 184 Å². The number of rotatable bonds is 9. The summed E-state index contributed by atoms with van der Waals surface area (Å²) >= 11 is 0. The molecule has 9 atom stereocenters. The highest BCUT2D eigenvalue weighted by molar-refractivity contribution is 7.55. The standard InChI is InChI=1S/C13H24N2O16P2/c16-1-4-6(19)8(21)10(30-4)13(32(24,25)26,12(23)14-33(27,28)29)15(3-18)11-9(22)7(20)5(2-17)31-11/h3-11,16-17,19-22H,1-2H2,(H2,24,25,26)(H3,14,23,27,28,29)/t4-,5-,6-,7-,8-,9-,10?,11?,13?/m1/s1. The summed E-state index contributed by atoms with van der Waals surface area (Å²) in [5.74, 6) is -2.30. The number of hydrogen-bond acceptors (Lipinski definition) is 12. The van der Waals surface area contributed by atoms with Gasteiger partial charge in [-0.3, -0.25) is 24.1 Å². The molecular weight excluding hydrogens is 502 g/mol. The molecule has 2 heterocycles. The van der Waals surface area contributed by atoms with Gasteiger partial charge in [0.25, 0.3) is 11.2 Å². The van der Waals surface area contributed by atoms with E-state index in [2.05, 4.69) is 0 Å². The largest absolute Gasteiger partial charge is 0.429 e. The summed E-state index contributed by atoms with van der Waals surface area (Å²) in [7, 11) is -11.9. The molecule has 2 saturated heterocycles. The van der Waals surface area contributed by atoms with Gasteiger partial charge in [-0.2, -0.15) is 0 Å². The maximum Gasteiger partial charge on any atom is 0.429 e. The van der Waals surface area contributed by atoms with Gasteiger partial charge in [-0.05, 0) is 0 Å². The fourth-order valence-corrected chi connectivity index (χ4v) is 5.58. The van der Waals surface area contributed by atoms with Gasteiger partial charge >= 0.3 is 15.3 Å². The summed E-state index contributed by atoms with van der Waals surface area (Å²) in [6.07, 6.45) is -17.7. The third kappa shape index (κ3) is 4.86. The van der Waals surface area contributed by atoms with Gasteiger partial charge < -0.3 is 59.7 Å². The molecule has 11 N–H and O–H groups in total. The van der Waals surface area contributed by atoms with Crippen LogP contribution in [0.4, 0.5) is 0 Å². The van der Waals surface area contributed by atoms with E-state index in [1.54, 1.807) is 0 Å². The number of nitrogens with one attached hydrogen (secondary N) is 1. The monoisotopic (exact) mass is 526 g/mol. The predicted octanol–water partition coefficient (Wildman–Crippen LogP) is -6.55. The van der Waals surface area contributed by atoms with Crippen LogP contribution in [0.5, 0.6) is 0 Å². The van der Waals surface area contributed by atoms with Crippen molar-refractivity contribution < 1.29 is 78.4 Å². The average molecular weight is 526 g/mol. The van der Waals surface area contributed by atoms with E-state index in [1.807, 2.05) is 0 Å². The highest BCUT2D eigenvalue weighted by atomic mass is 31.2. The molecular formula is C13H24N2O16P2. The molecule has 0 aromatic rings. The topological polar surface area (TPSA) is 304 Å². The molecule has 2 aliphatic heterocycles. The van der Waals surface area contributed by atoms with Crippen LogP contribution in [-0.2, 0) is 28.2 Å². The van der Waals surface area contributed by atoms with E-state index < -0.39 is 95.1 Å². The zero-order chi connectivity index (χ0) is 25.5. The van der Waals surface area contributed by atoms with Crippen molar-refractivity contribution in [2.24, 2.45) is 0 Å². The molecule has 0 aliphatic carbocycles. The lowest BCUT2D eigenvalue weighted by molar-refractivity contribution is -0.177. The molecule has 0 radical (unpaired) electrons. The fourth-order valence-electron chi connectivity index (χ4n) is 3.73. The smallest absolute Gasteiger partial charge is 0.394 e. The SMILES string of the molecule is O=CN(C1O[C@H](CO)[C@@H](O)[C@H]1O)C(C(=O)NP(=O)(O)O)(C1O[C@H](CO)[C@@H](O)[C@H]1O)P(=O)(O)O. The number of carbonyl (C=O) groups is 2. The lowest BCUT2D eigenvalue weighted by Gasteiger charge is -2.46. The molecule has 2 rings (SSSR count). The molecule has 18 nitrogen and oxygen atoms in total. The minimum atomic E-state index is -6.27. The summed E-state index contributed by atoms with van der Waals surface area (Å²) in [5.41, 5.74) is 0. The summed E-state index contributed by atoms with van der Waals surface area (Å²) in [4.78, 5) is 63.3. The lowest BCUT2D eigenvalue weighted by atomic mass is 9.98. The number of ether oxygens (including phenoxy) is 2. The lowest BCUT2D eigenvalue weighted by Crippen LogP contribution is -2.70. The molecule has 192 valence electrons. The van der Waals surface area contributed by atoms with Gasteiger partial charge in [-0.25, -0.2) is 4.57 Å². The number of nitrogens with zero attached hydrogens (tertiary/aromatic N) is 1. The van der Waals surface area contributed by atoms with Crippen molar-refractivity contribution in [3.8, 4) is 0 Å². The molecule has 2 aliphatic rings. The number of aliphatic hydroxyl groups excluding tert-OH is 6. The molecule has 3 unspecified atom stereocenters. The summed E-state index contributed by atoms with van der Waals surface area (Å²) in [5, 5.41) is 56.2. The van der Waals surface area contributed by atoms with Crippen LogP contribution in [0.3, 0.4) is 0 Å². The van der Waals surface area contributed by atoms with Gasteiger partial charge in [0, 0.05) is 0 Å². The first-order valence-electron chi connectivity index (χ1n) is 9.01. The number of amides is 2. The average Bonchev–Trinajstić information content (AvgIpc) is 3.14. The van der Waals surface area contributed by atoms with Crippen LogP contribution < -0.4 is 5.09 Å². The van der Waals surface area contributed by atoms with Crippen molar-refractivity contribution in [3.05, 3.63) is 0 Å². The van der Waals surface area contributed by atoms with Crippen LogP contribution in [0.2, 0.25) is 0 Å². The van der Waals surface area contributed by atoms with Gasteiger partial charge in [-0.1, -0.05) is 0 Å². The molecule has 2 amide bonds. The Bertz CT molecular complexity index is 833. The molecule has 20 heteroatoms. The zero-order valence-corrected chi connectivity index (χ0v) is 18.2. The van der Waals surface area contributed by atoms with Crippen molar-refractivity contribution >= 4 is 27.7 Å². The van der Waals surface area contributed by atoms with E-state index >= 15 is 0 Å². The Morgan fingerprint density at radius 3 is 1.76 bits per heavy atom. The second kappa shape index (κ2) is 9.88. The second-order valence-corrected chi connectivity index (χ2v) is 10.3. The quantitative estimate of drug-likeness (QED) is 0.0982. The summed E-state index contributed by atoms with van der Waals surface area (Å²) in [6.45, 7) is -2.05. The fraction of sp³-hybridized carbons (Fsp3) is 0.846. The molecule has 0 saturated carbocycles. The Hall–Kier alpha value is -1.08. The van der Waals surface area contributed by atoms with E-state index in [9.17, 15) is 59.1 Å². The van der Waals surface area contributed by atoms with E-state index in [-0.39, 0.29) is 4.90 Å². The first-order valence-corrected chi connectivity index (χ1v) is 12.2. The van der Waals surface area contributed by atoms with Crippen LogP contribution in [0, 0.1) is 0 Å². The molecule has 33 heavy (non-hydrogen) atoms. The third-order valence-corrected chi connectivity index (χ3v) is 7.33. The van der Waals surface area contributed by atoms with Gasteiger partial charge in [0.05, 0.1) is 13.2 Å². The Morgan fingerprint density at radius 2 is 1.39 bits per heavy atom. The molecule has 0 bridgehead atoms. The van der Waals surface area contributed by atoms with Gasteiger partial charge in [-0.15, -0.1) is 0 Å². The van der Waals surface area contributed by atoms with Crippen molar-refractivity contribution in [3.63, 3.8) is 0 Å². The number of aliphatic hydroxyl groups is 6. The Kier molecular flexibility index (Phi) is 8.43. The van der Waals surface area contributed by atoms with Crippen LogP contribution >= 0.6 is 15.3 Å².